The van der Waals surface area contributed by atoms with E-state index in [4.69, 9.17) is 11.6 Å². The van der Waals surface area contributed by atoms with E-state index in [1.807, 2.05) is 13.1 Å². The average molecular weight is 253 g/mol. The summed E-state index contributed by atoms with van der Waals surface area (Å²) in [5.74, 6) is 0.928. The zero-order valence-corrected chi connectivity index (χ0v) is 11.3. The summed E-state index contributed by atoms with van der Waals surface area (Å²) in [5.41, 5.74) is 2.12. The summed E-state index contributed by atoms with van der Waals surface area (Å²) in [7, 11) is 0. The van der Waals surface area contributed by atoms with Crippen LogP contribution in [0.4, 0.5) is 5.69 Å². The highest BCUT2D eigenvalue weighted by molar-refractivity contribution is 6.30. The number of nitrogens with one attached hydrogen (secondary N) is 1. The number of aryl methyl sites for hydroxylation is 1. The molecule has 0 atom stereocenters. The van der Waals surface area contributed by atoms with Crippen molar-refractivity contribution in [2.24, 2.45) is 5.92 Å². The summed E-state index contributed by atoms with van der Waals surface area (Å²) in [6.07, 6.45) is 10.2. The molecule has 17 heavy (non-hydrogen) atoms. The lowest BCUT2D eigenvalue weighted by atomic mass is 9.87. The molecule has 2 nitrogen and oxygen atoms in total. The van der Waals surface area contributed by atoms with Crippen molar-refractivity contribution in [3.8, 4) is 0 Å². The quantitative estimate of drug-likeness (QED) is 0.802. The first-order chi connectivity index (χ1) is 8.25. The lowest BCUT2D eigenvalue weighted by Gasteiger charge is -2.21. The third-order valence-corrected chi connectivity index (χ3v) is 4.02. The maximum atomic E-state index is 5.90. The van der Waals surface area contributed by atoms with Crippen LogP contribution in [-0.2, 0) is 0 Å². The van der Waals surface area contributed by atoms with Crippen LogP contribution in [0.3, 0.4) is 0 Å². The number of halogens is 1. The fraction of sp³-hybridized carbons (Fsp3) is 0.643. The van der Waals surface area contributed by atoms with Gasteiger partial charge in [0.15, 0.2) is 0 Å². The first-order valence-electron chi connectivity index (χ1n) is 6.62. The van der Waals surface area contributed by atoms with Crippen LogP contribution >= 0.6 is 11.6 Å². The van der Waals surface area contributed by atoms with E-state index < -0.39 is 0 Å². The molecule has 1 saturated carbocycles. The van der Waals surface area contributed by atoms with E-state index in [-0.39, 0.29) is 0 Å². The minimum atomic E-state index is 0.600. The van der Waals surface area contributed by atoms with Gasteiger partial charge in [0, 0.05) is 6.54 Å². The Balaban J connectivity index is 1.75. The fourth-order valence-corrected chi connectivity index (χ4v) is 2.65. The standard InChI is InChI=1S/C14H21ClN2/c1-11-9-13(10-17-14(11)15)16-8-7-12-5-3-2-4-6-12/h9-10,12,16H,2-8H2,1H3. The van der Waals surface area contributed by atoms with Crippen molar-refractivity contribution in [3.05, 3.63) is 23.0 Å². The molecule has 2 rings (SSSR count). The largest absolute Gasteiger partial charge is 0.384 e. The predicted octanol–water partition coefficient (Wildman–Crippen LogP) is 4.43. The topological polar surface area (TPSA) is 24.9 Å². The number of pyridine rings is 1. The van der Waals surface area contributed by atoms with Crippen LogP contribution in [0.15, 0.2) is 12.3 Å². The molecule has 1 N–H and O–H groups in total. The van der Waals surface area contributed by atoms with Crippen LogP contribution in [-0.4, -0.2) is 11.5 Å². The Morgan fingerprint density at radius 3 is 2.82 bits per heavy atom. The van der Waals surface area contributed by atoms with E-state index >= 15 is 0 Å². The molecule has 0 aliphatic heterocycles. The molecular formula is C14H21ClN2. The summed E-state index contributed by atoms with van der Waals surface area (Å²) >= 11 is 5.90. The summed E-state index contributed by atoms with van der Waals surface area (Å²) in [6.45, 7) is 3.04. The molecule has 94 valence electrons. The Labute approximate surface area is 109 Å². The van der Waals surface area contributed by atoms with Crippen LogP contribution in [0.25, 0.3) is 0 Å². The van der Waals surface area contributed by atoms with Gasteiger partial charge in [-0.25, -0.2) is 4.98 Å². The lowest BCUT2D eigenvalue weighted by Crippen LogP contribution is -2.12. The van der Waals surface area contributed by atoms with E-state index in [9.17, 15) is 0 Å². The van der Waals surface area contributed by atoms with E-state index in [1.165, 1.54) is 38.5 Å². The molecule has 1 aromatic rings. The highest BCUT2D eigenvalue weighted by Gasteiger charge is 2.12. The van der Waals surface area contributed by atoms with E-state index in [0.717, 1.165) is 23.7 Å². The molecule has 3 heteroatoms. The minimum absolute atomic E-state index is 0.600. The van der Waals surface area contributed by atoms with Crippen molar-refractivity contribution in [2.75, 3.05) is 11.9 Å². The summed E-state index contributed by atoms with van der Waals surface area (Å²) < 4.78 is 0. The number of rotatable bonds is 4. The zero-order chi connectivity index (χ0) is 12.1. The molecule has 0 radical (unpaired) electrons. The van der Waals surface area contributed by atoms with Crippen LogP contribution in [0.2, 0.25) is 5.15 Å². The molecule has 0 spiro atoms. The molecule has 1 aromatic heterocycles. The van der Waals surface area contributed by atoms with Crippen molar-refractivity contribution in [2.45, 2.75) is 45.4 Å². The van der Waals surface area contributed by atoms with Crippen molar-refractivity contribution < 1.29 is 0 Å². The van der Waals surface area contributed by atoms with Gasteiger partial charge in [0.05, 0.1) is 11.9 Å². The molecule has 0 unspecified atom stereocenters. The van der Waals surface area contributed by atoms with Gasteiger partial charge < -0.3 is 5.32 Å². The molecule has 1 fully saturated rings. The molecule has 0 aromatic carbocycles. The predicted molar refractivity (Wildman–Crippen MR) is 73.7 cm³/mol. The third kappa shape index (κ3) is 3.88. The lowest BCUT2D eigenvalue weighted by molar-refractivity contribution is 0.345. The summed E-state index contributed by atoms with van der Waals surface area (Å²) in [4.78, 5) is 4.15. The molecule has 1 heterocycles. The van der Waals surface area contributed by atoms with Gasteiger partial charge in [-0.3, -0.25) is 0 Å². The van der Waals surface area contributed by atoms with Crippen molar-refractivity contribution in [1.82, 2.24) is 4.98 Å². The maximum Gasteiger partial charge on any atom is 0.132 e. The second-order valence-electron chi connectivity index (χ2n) is 5.05. The fourth-order valence-electron chi connectivity index (χ4n) is 2.55. The summed E-state index contributed by atoms with van der Waals surface area (Å²) in [6, 6.07) is 2.07. The van der Waals surface area contributed by atoms with Crippen molar-refractivity contribution in [3.63, 3.8) is 0 Å². The third-order valence-electron chi connectivity index (χ3n) is 3.62. The number of anilines is 1. The van der Waals surface area contributed by atoms with E-state index in [2.05, 4.69) is 16.4 Å². The number of hydrogen-bond acceptors (Lipinski definition) is 2. The average Bonchev–Trinajstić information content (AvgIpc) is 2.35. The molecule has 1 aliphatic rings. The Morgan fingerprint density at radius 2 is 2.12 bits per heavy atom. The first kappa shape index (κ1) is 12.7. The smallest absolute Gasteiger partial charge is 0.132 e. The van der Waals surface area contributed by atoms with Gasteiger partial charge in [0.2, 0.25) is 0 Å². The Hall–Kier alpha value is -0.760. The van der Waals surface area contributed by atoms with E-state index in [0.29, 0.717) is 5.15 Å². The summed E-state index contributed by atoms with van der Waals surface area (Å²) in [5, 5.41) is 4.04. The van der Waals surface area contributed by atoms with Gasteiger partial charge in [0.25, 0.3) is 0 Å². The van der Waals surface area contributed by atoms with Gasteiger partial charge in [0.1, 0.15) is 5.15 Å². The monoisotopic (exact) mass is 252 g/mol. The Kier molecular flexibility index (Phi) is 4.66. The second kappa shape index (κ2) is 6.25. The van der Waals surface area contributed by atoms with E-state index in [1.54, 1.807) is 0 Å². The van der Waals surface area contributed by atoms with Gasteiger partial charge in [-0.1, -0.05) is 43.7 Å². The zero-order valence-electron chi connectivity index (χ0n) is 10.5. The number of hydrogen-bond donors (Lipinski definition) is 1. The van der Waals surface area contributed by atoms with Crippen LogP contribution < -0.4 is 5.32 Å². The molecule has 1 aliphatic carbocycles. The Morgan fingerprint density at radius 1 is 1.35 bits per heavy atom. The van der Waals surface area contributed by atoms with Gasteiger partial charge in [-0.05, 0) is 30.9 Å². The van der Waals surface area contributed by atoms with Crippen LogP contribution in [0.5, 0.6) is 0 Å². The van der Waals surface area contributed by atoms with Crippen molar-refractivity contribution >= 4 is 17.3 Å². The maximum absolute atomic E-state index is 5.90. The second-order valence-corrected chi connectivity index (χ2v) is 5.41. The molecule has 0 amide bonds. The molecule has 0 bridgehead atoms. The van der Waals surface area contributed by atoms with Crippen LogP contribution in [0.1, 0.15) is 44.1 Å². The molecular weight excluding hydrogens is 232 g/mol. The van der Waals surface area contributed by atoms with Gasteiger partial charge in [-0.2, -0.15) is 0 Å². The number of nitrogens with zero attached hydrogens (tertiary/aromatic N) is 1. The minimum Gasteiger partial charge on any atom is -0.384 e. The number of aromatic nitrogens is 1. The Bertz CT molecular complexity index is 359. The highest BCUT2D eigenvalue weighted by atomic mass is 35.5. The first-order valence-corrected chi connectivity index (χ1v) is 6.99. The highest BCUT2D eigenvalue weighted by Crippen LogP contribution is 2.26. The SMILES string of the molecule is Cc1cc(NCCC2CCCCC2)cnc1Cl. The van der Waals surface area contributed by atoms with Gasteiger partial charge >= 0.3 is 0 Å². The molecule has 0 saturated heterocycles. The van der Waals surface area contributed by atoms with Crippen molar-refractivity contribution in [1.29, 1.82) is 0 Å². The van der Waals surface area contributed by atoms with Gasteiger partial charge in [-0.15, -0.1) is 0 Å². The normalized spacial score (nSPS) is 17.1. The van der Waals surface area contributed by atoms with Crippen LogP contribution in [0, 0.1) is 12.8 Å².